The molecule has 2 nitrogen and oxygen atoms in total. The molecular weight excluding hydrogens is 326 g/mol. The van der Waals surface area contributed by atoms with Crippen LogP contribution in [-0.2, 0) is 24.1 Å². The van der Waals surface area contributed by atoms with Crippen molar-refractivity contribution in [2.75, 3.05) is 11.1 Å². The first-order chi connectivity index (χ1) is 12.2. The highest BCUT2D eigenvalue weighted by molar-refractivity contribution is 7.99. The van der Waals surface area contributed by atoms with Crippen molar-refractivity contribution in [1.82, 2.24) is 0 Å². The van der Waals surface area contributed by atoms with Gasteiger partial charge >= 0.3 is 0 Å². The van der Waals surface area contributed by atoms with Gasteiger partial charge in [-0.15, -0.1) is 11.8 Å². The Morgan fingerprint density at radius 3 is 2.52 bits per heavy atom. The number of carbonyl (C=O) groups excluding carboxylic acids is 1. The predicted molar refractivity (Wildman–Crippen MR) is 107 cm³/mol. The van der Waals surface area contributed by atoms with Gasteiger partial charge in [-0.3, -0.25) is 4.79 Å². The van der Waals surface area contributed by atoms with Crippen LogP contribution in [-0.4, -0.2) is 11.7 Å². The molecule has 0 atom stereocenters. The summed E-state index contributed by atoms with van der Waals surface area (Å²) in [6.45, 7) is 2.14. The van der Waals surface area contributed by atoms with Gasteiger partial charge < -0.3 is 5.32 Å². The summed E-state index contributed by atoms with van der Waals surface area (Å²) in [6, 6.07) is 18.9. The third-order valence-corrected chi connectivity index (χ3v) is 5.64. The first kappa shape index (κ1) is 16.2. The van der Waals surface area contributed by atoms with E-state index < -0.39 is 0 Å². The van der Waals surface area contributed by atoms with Gasteiger partial charge in [0, 0.05) is 16.0 Å². The minimum atomic E-state index is 0.0367. The number of amides is 1. The van der Waals surface area contributed by atoms with E-state index in [9.17, 15) is 4.79 Å². The summed E-state index contributed by atoms with van der Waals surface area (Å²) in [6.07, 6.45) is 2.61. The molecule has 3 aromatic carbocycles. The summed E-state index contributed by atoms with van der Waals surface area (Å²) in [5.41, 5.74) is 4.76. The summed E-state index contributed by atoms with van der Waals surface area (Å²) >= 11 is 1.81. The van der Waals surface area contributed by atoms with E-state index in [-0.39, 0.29) is 5.91 Å². The molecule has 0 bridgehead atoms. The molecule has 0 spiro atoms. The van der Waals surface area contributed by atoms with Crippen LogP contribution in [0, 0.1) is 0 Å². The summed E-state index contributed by atoms with van der Waals surface area (Å²) in [4.78, 5) is 13.8. The fourth-order valence-electron chi connectivity index (χ4n) is 3.61. The maximum Gasteiger partial charge on any atom is 0.228 e. The Bertz CT molecular complexity index is 920. The van der Waals surface area contributed by atoms with Gasteiger partial charge in [0.2, 0.25) is 5.91 Å². The van der Waals surface area contributed by atoms with Crippen molar-refractivity contribution in [2.24, 2.45) is 0 Å². The molecule has 1 aliphatic rings. The second kappa shape index (κ2) is 6.93. The van der Waals surface area contributed by atoms with E-state index in [0.717, 1.165) is 35.2 Å². The van der Waals surface area contributed by atoms with Crippen molar-refractivity contribution < 1.29 is 4.79 Å². The molecule has 0 saturated heterocycles. The van der Waals surface area contributed by atoms with Gasteiger partial charge in [0.25, 0.3) is 0 Å². The Morgan fingerprint density at radius 1 is 1.00 bits per heavy atom. The van der Waals surface area contributed by atoms with Gasteiger partial charge in [0.1, 0.15) is 0 Å². The molecule has 3 heteroatoms. The Morgan fingerprint density at radius 2 is 1.76 bits per heavy atom. The normalized spacial score (nSPS) is 12.5. The third-order valence-electron chi connectivity index (χ3n) is 4.75. The van der Waals surface area contributed by atoms with Crippen LogP contribution in [0.4, 0.5) is 5.69 Å². The molecule has 126 valence electrons. The number of carbonyl (C=O) groups is 1. The molecule has 0 aliphatic heterocycles. The molecule has 0 radical (unpaired) electrons. The van der Waals surface area contributed by atoms with E-state index in [2.05, 4.69) is 48.6 Å². The lowest BCUT2D eigenvalue weighted by Crippen LogP contribution is -2.14. The van der Waals surface area contributed by atoms with Gasteiger partial charge in [0.15, 0.2) is 0 Å². The second-order valence-corrected chi connectivity index (χ2v) is 7.75. The van der Waals surface area contributed by atoms with Crippen LogP contribution < -0.4 is 5.32 Å². The molecule has 1 amide bonds. The Hall–Kier alpha value is -2.26. The van der Waals surface area contributed by atoms with Gasteiger partial charge in [-0.05, 0) is 58.9 Å². The van der Waals surface area contributed by atoms with Crippen molar-refractivity contribution in [3.8, 4) is 0 Å². The topological polar surface area (TPSA) is 29.1 Å². The molecule has 0 saturated carbocycles. The average Bonchev–Trinajstić information content (AvgIpc) is 3.04. The second-order valence-electron chi connectivity index (χ2n) is 6.41. The standard InChI is InChI=1S/C22H21NOS/c1-2-25-18-11-6-15(7-12-18)14-21(24)23-20-13-10-17-9-8-16-4-3-5-19(20)22(16)17/h3-7,10-13H,2,8-9,14H2,1H3,(H,23,24). The van der Waals surface area contributed by atoms with Crippen LogP contribution in [0.2, 0.25) is 0 Å². The highest BCUT2D eigenvalue weighted by Crippen LogP contribution is 2.35. The smallest absolute Gasteiger partial charge is 0.228 e. The number of thioether (sulfide) groups is 1. The third kappa shape index (κ3) is 3.29. The molecule has 3 aromatic rings. The highest BCUT2D eigenvalue weighted by Gasteiger charge is 2.16. The Balaban J connectivity index is 1.53. The van der Waals surface area contributed by atoms with E-state index in [1.807, 2.05) is 30.0 Å². The predicted octanol–water partition coefficient (Wildman–Crippen LogP) is 5.23. The number of aryl methyl sites for hydroxylation is 2. The van der Waals surface area contributed by atoms with Crippen molar-refractivity contribution in [1.29, 1.82) is 0 Å². The van der Waals surface area contributed by atoms with E-state index in [1.165, 1.54) is 21.4 Å². The van der Waals surface area contributed by atoms with Crippen LogP contribution in [0.5, 0.6) is 0 Å². The van der Waals surface area contributed by atoms with Crippen molar-refractivity contribution in [3.05, 3.63) is 71.3 Å². The van der Waals surface area contributed by atoms with Crippen LogP contribution in [0.25, 0.3) is 10.8 Å². The van der Waals surface area contributed by atoms with E-state index >= 15 is 0 Å². The molecule has 0 aromatic heterocycles. The average molecular weight is 347 g/mol. The number of hydrogen-bond acceptors (Lipinski definition) is 2. The van der Waals surface area contributed by atoms with Gasteiger partial charge in [-0.1, -0.05) is 43.3 Å². The largest absolute Gasteiger partial charge is 0.325 e. The summed E-state index contributed by atoms with van der Waals surface area (Å²) in [7, 11) is 0. The minimum absolute atomic E-state index is 0.0367. The molecule has 0 heterocycles. The quantitative estimate of drug-likeness (QED) is 0.640. The number of anilines is 1. The zero-order chi connectivity index (χ0) is 17.2. The van der Waals surface area contributed by atoms with Crippen LogP contribution >= 0.6 is 11.8 Å². The lowest BCUT2D eigenvalue weighted by molar-refractivity contribution is -0.115. The van der Waals surface area contributed by atoms with Crippen molar-refractivity contribution in [2.45, 2.75) is 31.1 Å². The number of hydrogen-bond donors (Lipinski definition) is 1. The maximum absolute atomic E-state index is 12.5. The summed E-state index contributed by atoms with van der Waals surface area (Å²) in [5, 5.41) is 5.61. The minimum Gasteiger partial charge on any atom is -0.325 e. The SMILES string of the molecule is CCSc1ccc(CC(=O)Nc2ccc3c4c(cccc24)CC3)cc1. The highest BCUT2D eigenvalue weighted by atomic mass is 32.2. The van der Waals surface area contributed by atoms with Gasteiger partial charge in [0.05, 0.1) is 6.42 Å². The fraction of sp³-hybridized carbons (Fsp3) is 0.227. The number of nitrogens with one attached hydrogen (secondary N) is 1. The fourth-order valence-corrected chi connectivity index (χ4v) is 4.27. The Kier molecular flexibility index (Phi) is 4.50. The van der Waals surface area contributed by atoms with E-state index in [0.29, 0.717) is 6.42 Å². The summed E-state index contributed by atoms with van der Waals surface area (Å²) in [5.74, 6) is 1.10. The molecular formula is C22H21NOS. The van der Waals surface area contributed by atoms with Gasteiger partial charge in [-0.2, -0.15) is 0 Å². The lowest BCUT2D eigenvalue weighted by atomic mass is 10.0. The lowest BCUT2D eigenvalue weighted by Gasteiger charge is -2.11. The van der Waals surface area contributed by atoms with Crippen LogP contribution in [0.1, 0.15) is 23.6 Å². The zero-order valence-corrected chi connectivity index (χ0v) is 15.2. The molecule has 1 N–H and O–H groups in total. The van der Waals surface area contributed by atoms with Crippen molar-refractivity contribution in [3.63, 3.8) is 0 Å². The monoisotopic (exact) mass is 347 g/mol. The Labute approximate surface area is 152 Å². The van der Waals surface area contributed by atoms with Crippen LogP contribution in [0.15, 0.2) is 59.5 Å². The molecule has 0 unspecified atom stereocenters. The molecule has 1 aliphatic carbocycles. The maximum atomic E-state index is 12.5. The molecule has 25 heavy (non-hydrogen) atoms. The van der Waals surface area contributed by atoms with Crippen LogP contribution in [0.3, 0.4) is 0 Å². The first-order valence-corrected chi connectivity index (χ1v) is 9.78. The van der Waals surface area contributed by atoms with Gasteiger partial charge in [-0.25, -0.2) is 0 Å². The van der Waals surface area contributed by atoms with E-state index in [1.54, 1.807) is 0 Å². The van der Waals surface area contributed by atoms with E-state index in [4.69, 9.17) is 0 Å². The van der Waals surface area contributed by atoms with Crippen molar-refractivity contribution >= 4 is 34.1 Å². The number of rotatable bonds is 5. The number of benzene rings is 3. The molecule has 4 rings (SSSR count). The zero-order valence-electron chi connectivity index (χ0n) is 14.3. The summed E-state index contributed by atoms with van der Waals surface area (Å²) < 4.78 is 0. The molecule has 0 fully saturated rings. The first-order valence-electron chi connectivity index (χ1n) is 8.79.